The Hall–Kier alpha value is -0.980. The van der Waals surface area contributed by atoms with E-state index in [0.717, 1.165) is 9.35 Å². The standard InChI is InChI=1S/C13H12BrF2NOS/c1-17-12(13-8(14)3-4-19-13)11-9(15)5-7(18-2)6-10(11)16/h3-6,12,17H,1-2H3. The lowest BCUT2D eigenvalue weighted by atomic mass is 10.0. The zero-order chi connectivity index (χ0) is 14.0. The number of ether oxygens (including phenoxy) is 1. The molecule has 1 N–H and O–H groups in total. The Morgan fingerprint density at radius 3 is 2.37 bits per heavy atom. The fraction of sp³-hybridized carbons (Fsp3) is 0.231. The van der Waals surface area contributed by atoms with Crippen molar-refractivity contribution in [3.8, 4) is 5.75 Å². The fourth-order valence-electron chi connectivity index (χ4n) is 1.87. The zero-order valence-corrected chi connectivity index (χ0v) is 12.7. The maximum atomic E-state index is 14.1. The van der Waals surface area contributed by atoms with Gasteiger partial charge in [-0.15, -0.1) is 11.3 Å². The topological polar surface area (TPSA) is 21.3 Å². The first-order valence-corrected chi connectivity index (χ1v) is 7.18. The third kappa shape index (κ3) is 2.80. The van der Waals surface area contributed by atoms with E-state index in [-0.39, 0.29) is 11.3 Å². The number of hydrogen-bond acceptors (Lipinski definition) is 3. The van der Waals surface area contributed by atoms with E-state index in [9.17, 15) is 8.78 Å². The highest BCUT2D eigenvalue weighted by molar-refractivity contribution is 9.10. The molecule has 0 aliphatic rings. The minimum atomic E-state index is -0.628. The first-order chi connectivity index (χ1) is 9.08. The van der Waals surface area contributed by atoms with Crippen molar-refractivity contribution in [2.24, 2.45) is 0 Å². The van der Waals surface area contributed by atoms with Crippen molar-refractivity contribution < 1.29 is 13.5 Å². The van der Waals surface area contributed by atoms with Crippen molar-refractivity contribution >= 4 is 27.3 Å². The molecule has 0 bridgehead atoms. The lowest BCUT2D eigenvalue weighted by Gasteiger charge is -2.18. The van der Waals surface area contributed by atoms with Gasteiger partial charge in [-0.1, -0.05) is 0 Å². The largest absolute Gasteiger partial charge is 0.497 e. The van der Waals surface area contributed by atoms with Gasteiger partial charge in [0.2, 0.25) is 0 Å². The molecule has 0 saturated carbocycles. The van der Waals surface area contributed by atoms with Crippen molar-refractivity contribution in [3.05, 3.63) is 50.1 Å². The number of benzene rings is 1. The predicted molar refractivity (Wildman–Crippen MR) is 75.8 cm³/mol. The highest BCUT2D eigenvalue weighted by Gasteiger charge is 2.24. The minimum Gasteiger partial charge on any atom is -0.497 e. The highest BCUT2D eigenvalue weighted by Crippen LogP contribution is 2.36. The van der Waals surface area contributed by atoms with Crippen LogP contribution in [-0.2, 0) is 0 Å². The van der Waals surface area contributed by atoms with E-state index in [4.69, 9.17) is 4.74 Å². The normalized spacial score (nSPS) is 12.5. The molecule has 0 aliphatic heterocycles. The summed E-state index contributed by atoms with van der Waals surface area (Å²) < 4.78 is 33.9. The van der Waals surface area contributed by atoms with Gasteiger partial charge in [0.05, 0.1) is 13.2 Å². The molecule has 2 rings (SSSR count). The van der Waals surface area contributed by atoms with Gasteiger partial charge in [0.25, 0.3) is 0 Å². The summed E-state index contributed by atoms with van der Waals surface area (Å²) >= 11 is 4.81. The van der Waals surface area contributed by atoms with E-state index < -0.39 is 17.7 Å². The Kier molecular flexibility index (Phi) is 4.54. The van der Waals surface area contributed by atoms with Crippen LogP contribution >= 0.6 is 27.3 Å². The van der Waals surface area contributed by atoms with Crippen molar-refractivity contribution in [1.29, 1.82) is 0 Å². The van der Waals surface area contributed by atoms with Gasteiger partial charge in [-0.3, -0.25) is 0 Å². The Bertz CT molecular complexity index is 565. The second-order valence-corrected chi connectivity index (χ2v) is 5.66. The third-order valence-electron chi connectivity index (χ3n) is 2.77. The third-order valence-corrected chi connectivity index (χ3v) is 4.71. The molecule has 19 heavy (non-hydrogen) atoms. The molecule has 6 heteroatoms. The number of thiophene rings is 1. The molecular formula is C13H12BrF2NOS. The van der Waals surface area contributed by atoms with Gasteiger partial charge in [0, 0.05) is 27.0 Å². The number of hydrogen-bond donors (Lipinski definition) is 1. The Morgan fingerprint density at radius 2 is 1.95 bits per heavy atom. The van der Waals surface area contributed by atoms with Crippen molar-refractivity contribution in [2.45, 2.75) is 6.04 Å². The zero-order valence-electron chi connectivity index (χ0n) is 10.3. The van der Waals surface area contributed by atoms with Gasteiger partial charge >= 0.3 is 0 Å². The van der Waals surface area contributed by atoms with Gasteiger partial charge in [-0.05, 0) is 34.4 Å². The van der Waals surface area contributed by atoms with Crippen LogP contribution in [0.4, 0.5) is 8.78 Å². The Morgan fingerprint density at radius 1 is 1.32 bits per heavy atom. The van der Waals surface area contributed by atoms with Crippen LogP contribution < -0.4 is 10.1 Å². The second kappa shape index (κ2) is 5.98. The predicted octanol–water partition coefficient (Wildman–Crippen LogP) is 4.11. The molecule has 1 atom stereocenters. The molecule has 0 saturated heterocycles. The van der Waals surface area contributed by atoms with Crippen LogP contribution in [0.25, 0.3) is 0 Å². The van der Waals surface area contributed by atoms with Crippen LogP contribution in [0, 0.1) is 11.6 Å². The quantitative estimate of drug-likeness (QED) is 0.898. The number of methoxy groups -OCH3 is 1. The van der Waals surface area contributed by atoms with Crippen LogP contribution in [0.2, 0.25) is 0 Å². The molecule has 0 amide bonds. The first kappa shape index (κ1) is 14.4. The van der Waals surface area contributed by atoms with Gasteiger partial charge in [-0.25, -0.2) is 8.78 Å². The molecular weight excluding hydrogens is 336 g/mol. The second-order valence-electron chi connectivity index (χ2n) is 3.86. The first-order valence-electron chi connectivity index (χ1n) is 5.51. The Labute approximate surface area is 122 Å². The van der Waals surface area contributed by atoms with Crippen LogP contribution in [0.5, 0.6) is 5.75 Å². The summed E-state index contributed by atoms with van der Waals surface area (Å²) in [5.41, 5.74) is -0.00792. The van der Waals surface area contributed by atoms with Gasteiger partial charge < -0.3 is 10.1 Å². The van der Waals surface area contributed by atoms with Crippen molar-refractivity contribution in [2.75, 3.05) is 14.2 Å². The van der Waals surface area contributed by atoms with Gasteiger partial charge in [0.1, 0.15) is 17.4 Å². The minimum absolute atomic E-state index is 0.00792. The average molecular weight is 348 g/mol. The van der Waals surface area contributed by atoms with Crippen LogP contribution in [0.1, 0.15) is 16.5 Å². The molecule has 1 aromatic heterocycles. The van der Waals surface area contributed by atoms with Crippen molar-refractivity contribution in [3.63, 3.8) is 0 Å². The molecule has 1 unspecified atom stereocenters. The summed E-state index contributed by atoms with van der Waals surface area (Å²) in [7, 11) is 3.04. The van der Waals surface area contributed by atoms with E-state index >= 15 is 0 Å². The molecule has 0 aliphatic carbocycles. The smallest absolute Gasteiger partial charge is 0.134 e. The molecule has 0 spiro atoms. The van der Waals surface area contributed by atoms with E-state index in [0.29, 0.717) is 0 Å². The summed E-state index contributed by atoms with van der Waals surface area (Å²) in [4.78, 5) is 0.825. The SMILES string of the molecule is CNC(c1sccc1Br)c1c(F)cc(OC)cc1F. The Balaban J connectivity index is 2.53. The summed E-state index contributed by atoms with van der Waals surface area (Å²) in [6.45, 7) is 0. The maximum Gasteiger partial charge on any atom is 0.134 e. The average Bonchev–Trinajstić information content (AvgIpc) is 2.79. The summed E-state index contributed by atoms with van der Waals surface area (Å²) in [5.74, 6) is -1.09. The molecule has 102 valence electrons. The molecule has 1 heterocycles. The van der Waals surface area contributed by atoms with Crippen LogP contribution in [0.15, 0.2) is 28.1 Å². The lowest BCUT2D eigenvalue weighted by Crippen LogP contribution is -2.20. The molecule has 0 radical (unpaired) electrons. The monoisotopic (exact) mass is 347 g/mol. The molecule has 1 aromatic carbocycles. The maximum absolute atomic E-state index is 14.1. The number of halogens is 3. The van der Waals surface area contributed by atoms with E-state index in [1.54, 1.807) is 7.05 Å². The summed E-state index contributed by atoms with van der Waals surface area (Å²) in [5, 5.41) is 4.80. The van der Waals surface area contributed by atoms with E-state index in [1.165, 1.54) is 30.6 Å². The summed E-state index contributed by atoms with van der Waals surface area (Å²) in [6.07, 6.45) is 0. The summed E-state index contributed by atoms with van der Waals surface area (Å²) in [6, 6.07) is 3.68. The highest BCUT2D eigenvalue weighted by atomic mass is 79.9. The molecule has 2 aromatic rings. The molecule has 0 fully saturated rings. The molecule has 2 nitrogen and oxygen atoms in total. The van der Waals surface area contributed by atoms with Gasteiger partial charge in [0.15, 0.2) is 0 Å². The number of nitrogens with one attached hydrogen (secondary N) is 1. The van der Waals surface area contributed by atoms with Gasteiger partial charge in [-0.2, -0.15) is 0 Å². The van der Waals surface area contributed by atoms with Crippen molar-refractivity contribution in [1.82, 2.24) is 5.32 Å². The van der Waals surface area contributed by atoms with E-state index in [1.807, 2.05) is 11.4 Å². The van der Waals surface area contributed by atoms with Crippen LogP contribution in [0.3, 0.4) is 0 Å². The fourth-order valence-corrected chi connectivity index (χ4v) is 3.59. The van der Waals surface area contributed by atoms with Crippen LogP contribution in [-0.4, -0.2) is 14.2 Å². The number of rotatable bonds is 4. The van der Waals surface area contributed by atoms with E-state index in [2.05, 4.69) is 21.2 Å². The lowest BCUT2D eigenvalue weighted by molar-refractivity contribution is 0.403.